The Labute approximate surface area is 135 Å². The van der Waals surface area contributed by atoms with Gasteiger partial charge < -0.3 is 10.1 Å². The molecule has 130 valence electrons. The lowest BCUT2D eigenvalue weighted by molar-refractivity contribution is -0.129. The van der Waals surface area contributed by atoms with Crippen molar-refractivity contribution in [2.45, 2.75) is 59.0 Å². The first-order valence-electron chi connectivity index (χ1n) is 7.97. The lowest BCUT2D eigenvalue weighted by Gasteiger charge is -2.50. The van der Waals surface area contributed by atoms with Gasteiger partial charge in [-0.25, -0.2) is 0 Å². The van der Waals surface area contributed by atoms with E-state index in [2.05, 4.69) is 5.32 Å². The summed E-state index contributed by atoms with van der Waals surface area (Å²) in [7, 11) is -2.89. The number of aldehydes is 1. The molecule has 0 aromatic heterocycles. The number of nitrogens with zero attached hydrogens (tertiary/aromatic N) is 1. The summed E-state index contributed by atoms with van der Waals surface area (Å²) in [4.78, 5) is 23.8. The van der Waals surface area contributed by atoms with E-state index in [0.29, 0.717) is 24.6 Å². The molecule has 1 aliphatic heterocycles. The number of amides is 1. The van der Waals surface area contributed by atoms with E-state index < -0.39 is 22.9 Å². The Morgan fingerprint density at radius 2 is 1.91 bits per heavy atom. The van der Waals surface area contributed by atoms with Crippen LogP contribution in [0.1, 0.15) is 47.0 Å². The minimum absolute atomic E-state index is 0.0735. The molecule has 1 saturated heterocycles. The molecule has 6 nitrogen and oxygen atoms in total. The Balaban J connectivity index is 2.85. The maximum atomic E-state index is 12.6. The molecule has 2 unspecified atom stereocenters. The summed E-state index contributed by atoms with van der Waals surface area (Å²) >= 11 is 0. The Bertz CT molecular complexity index is 388. The Hall–Kier alpha value is -0.630. The lowest BCUT2D eigenvalue weighted by atomic mass is 10.0. The van der Waals surface area contributed by atoms with Gasteiger partial charge in [-0.2, -0.15) is 4.31 Å². The summed E-state index contributed by atoms with van der Waals surface area (Å²) in [5, 5.41) is 2.76. The highest BCUT2D eigenvalue weighted by Crippen LogP contribution is 2.49. The molecule has 0 bridgehead atoms. The molecule has 0 aromatic rings. The zero-order valence-electron chi connectivity index (χ0n) is 14.0. The summed E-state index contributed by atoms with van der Waals surface area (Å²) in [5.41, 5.74) is 0. The van der Waals surface area contributed by atoms with Crippen molar-refractivity contribution >= 4 is 23.0 Å². The van der Waals surface area contributed by atoms with Gasteiger partial charge in [0, 0.05) is 6.54 Å². The van der Waals surface area contributed by atoms with E-state index in [9.17, 15) is 18.7 Å². The molecule has 0 spiro atoms. The van der Waals surface area contributed by atoms with Crippen LogP contribution in [0.25, 0.3) is 0 Å². The second-order valence-electron chi connectivity index (χ2n) is 6.75. The zero-order chi connectivity index (χ0) is 16.9. The normalized spacial score (nSPS) is 23.1. The average Bonchev–Trinajstić information content (AvgIpc) is 2.39. The molecule has 0 aromatic carbocycles. The first kappa shape index (κ1) is 19.4. The predicted molar refractivity (Wildman–Crippen MR) is 89.7 cm³/mol. The largest absolute Gasteiger partial charge is 0.345 e. The van der Waals surface area contributed by atoms with E-state index in [4.69, 9.17) is 0 Å². The van der Waals surface area contributed by atoms with Gasteiger partial charge in [-0.3, -0.25) is 13.9 Å². The summed E-state index contributed by atoms with van der Waals surface area (Å²) < 4.78 is 22.0. The monoisotopic (exact) mass is 334 g/mol. The Morgan fingerprint density at radius 1 is 1.27 bits per heavy atom. The minimum Gasteiger partial charge on any atom is -0.345 e. The van der Waals surface area contributed by atoms with Crippen molar-refractivity contribution in [3.05, 3.63) is 0 Å². The molecule has 0 aliphatic carbocycles. The van der Waals surface area contributed by atoms with Crippen LogP contribution < -0.4 is 5.32 Å². The smallest absolute Gasteiger partial charge is 0.239 e. The predicted octanol–water partition coefficient (Wildman–Crippen LogP) is 2.50. The molecule has 2 atom stereocenters. The van der Waals surface area contributed by atoms with Crippen molar-refractivity contribution in [2.75, 3.05) is 12.3 Å². The van der Waals surface area contributed by atoms with Gasteiger partial charge in [-0.1, -0.05) is 27.7 Å². The highest BCUT2D eigenvalue weighted by molar-refractivity contribution is 8.22. The molecule has 1 heterocycles. The van der Waals surface area contributed by atoms with E-state index in [1.165, 1.54) is 4.31 Å². The van der Waals surface area contributed by atoms with Crippen molar-refractivity contribution in [1.82, 2.24) is 9.62 Å². The van der Waals surface area contributed by atoms with Crippen LogP contribution in [0.15, 0.2) is 0 Å². The second kappa shape index (κ2) is 8.29. The van der Waals surface area contributed by atoms with Crippen molar-refractivity contribution in [1.29, 1.82) is 0 Å². The van der Waals surface area contributed by atoms with Gasteiger partial charge in [0.15, 0.2) is 0 Å². The highest BCUT2D eigenvalue weighted by Gasteiger charge is 2.38. The molecule has 22 heavy (non-hydrogen) atoms. The van der Waals surface area contributed by atoms with Crippen LogP contribution in [0, 0.1) is 11.8 Å². The molecular weight excluding hydrogens is 304 g/mol. The van der Waals surface area contributed by atoms with Gasteiger partial charge in [0.2, 0.25) is 5.91 Å². The number of carbonyl (C=O) groups excluding carboxylic acids is 2. The van der Waals surface area contributed by atoms with Gasteiger partial charge >= 0.3 is 0 Å². The van der Waals surface area contributed by atoms with E-state index in [1.54, 1.807) is 0 Å². The van der Waals surface area contributed by atoms with Gasteiger partial charge in [0.25, 0.3) is 0 Å². The first-order valence-corrected chi connectivity index (χ1v) is 9.64. The third-order valence-electron chi connectivity index (χ3n) is 3.85. The summed E-state index contributed by atoms with van der Waals surface area (Å²) in [6, 6.07) is -1.15. The Morgan fingerprint density at radius 3 is 2.36 bits per heavy atom. The molecule has 0 saturated carbocycles. The zero-order valence-corrected chi connectivity index (χ0v) is 14.8. The van der Waals surface area contributed by atoms with E-state index in [1.807, 2.05) is 27.7 Å². The second-order valence-corrected chi connectivity index (χ2v) is 8.90. The van der Waals surface area contributed by atoms with Gasteiger partial charge in [0.1, 0.15) is 12.3 Å². The number of hydrogen-bond acceptors (Lipinski definition) is 5. The van der Waals surface area contributed by atoms with Crippen LogP contribution in [-0.4, -0.2) is 50.0 Å². The SMILES string of the molecule is CC(C)CC(C=O)NC(=O)C(C(C)C)N1CCCCS1(O)O. The average molecular weight is 334 g/mol. The van der Waals surface area contributed by atoms with E-state index in [0.717, 1.165) is 19.1 Å². The van der Waals surface area contributed by atoms with Crippen molar-refractivity contribution < 1.29 is 18.7 Å². The number of nitrogens with one attached hydrogen (secondary N) is 1. The number of carbonyl (C=O) groups is 2. The number of hydrogen-bond donors (Lipinski definition) is 3. The molecule has 3 N–H and O–H groups in total. The van der Waals surface area contributed by atoms with Crippen molar-refractivity contribution in [3.8, 4) is 0 Å². The summed E-state index contributed by atoms with van der Waals surface area (Å²) in [6.45, 7) is 8.24. The van der Waals surface area contributed by atoms with E-state index >= 15 is 0 Å². The van der Waals surface area contributed by atoms with Crippen LogP contribution >= 0.6 is 10.8 Å². The quantitative estimate of drug-likeness (QED) is 0.622. The first-order chi connectivity index (χ1) is 10.2. The standard InChI is InChI=1S/C15H30N2O4S/c1-11(2)9-13(10-18)16-15(19)14(12(3)4)17-7-5-6-8-22(17,20)21/h10-14,20-21H,5-9H2,1-4H3,(H,16,19). The fourth-order valence-electron chi connectivity index (χ4n) is 2.84. The molecule has 1 amide bonds. The molecular formula is C15H30N2O4S. The summed E-state index contributed by atoms with van der Waals surface area (Å²) in [6.07, 6.45) is 2.94. The molecule has 7 heteroatoms. The Kier molecular flexibility index (Phi) is 7.31. The highest BCUT2D eigenvalue weighted by atomic mass is 32.3. The topological polar surface area (TPSA) is 89.9 Å². The van der Waals surface area contributed by atoms with Crippen LogP contribution in [0.2, 0.25) is 0 Å². The maximum absolute atomic E-state index is 12.6. The van der Waals surface area contributed by atoms with Crippen molar-refractivity contribution in [3.63, 3.8) is 0 Å². The minimum atomic E-state index is -2.89. The van der Waals surface area contributed by atoms with Crippen LogP contribution in [0.4, 0.5) is 0 Å². The molecule has 1 aliphatic rings. The molecule has 1 fully saturated rings. The fourth-order valence-corrected chi connectivity index (χ4v) is 4.79. The lowest BCUT2D eigenvalue weighted by Crippen LogP contribution is -2.54. The maximum Gasteiger partial charge on any atom is 0.239 e. The third kappa shape index (κ3) is 5.22. The van der Waals surface area contributed by atoms with Crippen LogP contribution in [0.5, 0.6) is 0 Å². The molecule has 1 rings (SSSR count). The van der Waals surface area contributed by atoms with Gasteiger partial charge in [-0.05, 0) is 31.1 Å². The van der Waals surface area contributed by atoms with Gasteiger partial charge in [0.05, 0.1) is 11.8 Å². The van der Waals surface area contributed by atoms with Crippen LogP contribution in [0.3, 0.4) is 0 Å². The van der Waals surface area contributed by atoms with Crippen molar-refractivity contribution in [2.24, 2.45) is 11.8 Å². The number of rotatable bonds is 7. The third-order valence-corrected chi connectivity index (χ3v) is 5.85. The van der Waals surface area contributed by atoms with Crippen LogP contribution in [-0.2, 0) is 9.59 Å². The molecule has 0 radical (unpaired) electrons. The van der Waals surface area contributed by atoms with E-state index in [-0.39, 0.29) is 11.8 Å². The fraction of sp³-hybridized carbons (Fsp3) is 0.867. The van der Waals surface area contributed by atoms with Gasteiger partial charge in [-0.15, -0.1) is 10.8 Å². The summed E-state index contributed by atoms with van der Waals surface area (Å²) in [5.74, 6) is 0.237.